The van der Waals surface area contributed by atoms with Gasteiger partial charge in [-0.2, -0.15) is 0 Å². The van der Waals surface area contributed by atoms with Crippen molar-refractivity contribution in [2.24, 2.45) is 0 Å². The molecule has 0 aromatic heterocycles. The topological polar surface area (TPSA) is 26.3 Å². The summed E-state index contributed by atoms with van der Waals surface area (Å²) < 4.78 is 5.62. The predicted molar refractivity (Wildman–Crippen MR) is 75.4 cm³/mol. The molecule has 1 aromatic carbocycles. The van der Waals surface area contributed by atoms with E-state index >= 15 is 0 Å². The molecule has 0 amide bonds. The fourth-order valence-electron chi connectivity index (χ4n) is 2.72. The van der Waals surface area contributed by atoms with Gasteiger partial charge in [-0.25, -0.2) is 4.79 Å². The second kappa shape index (κ2) is 4.54. The molecule has 0 heterocycles. The number of fused-ring (bicyclic) bond motifs is 2. The number of carbonyl (C=O) groups is 1. The van der Waals surface area contributed by atoms with Gasteiger partial charge in [0.15, 0.2) is 6.10 Å². The molecule has 96 valence electrons. The first kappa shape index (κ1) is 12.0. The van der Waals surface area contributed by atoms with Gasteiger partial charge < -0.3 is 4.74 Å². The number of carbonyl (C=O) groups excluding carboxylic acids is 1. The molecule has 0 bridgehead atoms. The van der Waals surface area contributed by atoms with Crippen LogP contribution in [0.3, 0.4) is 0 Å². The van der Waals surface area contributed by atoms with Crippen LogP contribution in [-0.4, -0.2) is 5.97 Å². The van der Waals surface area contributed by atoms with Crippen LogP contribution in [0.2, 0.25) is 0 Å². The number of benzene rings is 1. The molecule has 0 saturated carbocycles. The maximum absolute atomic E-state index is 11.8. The number of ether oxygens (including phenoxy) is 1. The Morgan fingerprint density at radius 2 is 2.16 bits per heavy atom. The van der Waals surface area contributed by atoms with Crippen molar-refractivity contribution in [1.29, 1.82) is 0 Å². The first-order chi connectivity index (χ1) is 9.18. The largest absolute Gasteiger partial charge is 0.449 e. The van der Waals surface area contributed by atoms with Crippen molar-refractivity contribution in [2.45, 2.75) is 25.9 Å². The second-order valence-electron chi connectivity index (χ2n) is 5.03. The maximum Gasteiger partial charge on any atom is 0.334 e. The van der Waals surface area contributed by atoms with Crippen LogP contribution in [0.1, 0.15) is 37.0 Å². The Balaban J connectivity index is 2.03. The van der Waals surface area contributed by atoms with E-state index in [2.05, 4.69) is 24.8 Å². The van der Waals surface area contributed by atoms with E-state index in [1.165, 1.54) is 11.1 Å². The number of hydrogen-bond acceptors (Lipinski definition) is 2. The summed E-state index contributed by atoms with van der Waals surface area (Å²) in [5, 5.41) is 0. The summed E-state index contributed by atoms with van der Waals surface area (Å²) >= 11 is 0. The molecular formula is C17H16O2. The lowest BCUT2D eigenvalue weighted by atomic mass is 9.97. The molecule has 0 radical (unpaired) electrons. The first-order valence-corrected chi connectivity index (χ1v) is 6.54. The van der Waals surface area contributed by atoms with Crippen molar-refractivity contribution in [3.63, 3.8) is 0 Å². The second-order valence-corrected chi connectivity index (χ2v) is 5.03. The molecule has 0 aliphatic heterocycles. The van der Waals surface area contributed by atoms with Crippen LogP contribution >= 0.6 is 0 Å². The van der Waals surface area contributed by atoms with Gasteiger partial charge in [0.25, 0.3) is 0 Å². The highest BCUT2D eigenvalue weighted by Crippen LogP contribution is 2.46. The first-order valence-electron chi connectivity index (χ1n) is 6.54. The molecular weight excluding hydrogens is 236 g/mol. The lowest BCUT2D eigenvalue weighted by molar-refractivity contribution is -0.142. The third kappa shape index (κ3) is 1.93. The molecule has 0 saturated heterocycles. The van der Waals surface area contributed by atoms with Crippen molar-refractivity contribution in [1.82, 2.24) is 0 Å². The van der Waals surface area contributed by atoms with Crippen LogP contribution in [0.25, 0.3) is 5.57 Å². The van der Waals surface area contributed by atoms with E-state index in [1.54, 1.807) is 6.92 Å². The molecule has 1 atom stereocenters. The van der Waals surface area contributed by atoms with Crippen molar-refractivity contribution >= 4 is 11.5 Å². The van der Waals surface area contributed by atoms with Gasteiger partial charge in [-0.05, 0) is 30.9 Å². The Labute approximate surface area is 113 Å². The van der Waals surface area contributed by atoms with E-state index in [0.29, 0.717) is 5.57 Å². The average Bonchev–Trinajstić information content (AvgIpc) is 2.74. The SMILES string of the molecule is C=C(C)C(=O)OC1C2=C(CCC=C2)c2ccccc21. The number of rotatable bonds is 2. The van der Waals surface area contributed by atoms with Gasteiger partial charge in [0, 0.05) is 16.7 Å². The molecule has 2 heteroatoms. The number of hydrogen-bond donors (Lipinski definition) is 0. The zero-order chi connectivity index (χ0) is 13.4. The smallest absolute Gasteiger partial charge is 0.334 e. The lowest BCUT2D eigenvalue weighted by Crippen LogP contribution is -2.11. The predicted octanol–water partition coefficient (Wildman–Crippen LogP) is 3.96. The summed E-state index contributed by atoms with van der Waals surface area (Å²) in [6, 6.07) is 8.17. The lowest BCUT2D eigenvalue weighted by Gasteiger charge is -2.17. The molecule has 1 aromatic rings. The van der Waals surface area contributed by atoms with E-state index in [4.69, 9.17) is 4.74 Å². The molecule has 0 N–H and O–H groups in total. The summed E-state index contributed by atoms with van der Waals surface area (Å²) in [5.41, 5.74) is 5.20. The van der Waals surface area contributed by atoms with Gasteiger partial charge in [-0.15, -0.1) is 0 Å². The van der Waals surface area contributed by atoms with E-state index < -0.39 is 0 Å². The van der Waals surface area contributed by atoms with Crippen LogP contribution in [0.15, 0.2) is 54.1 Å². The monoisotopic (exact) mass is 252 g/mol. The highest BCUT2D eigenvalue weighted by Gasteiger charge is 2.33. The van der Waals surface area contributed by atoms with Crippen LogP contribution in [0, 0.1) is 0 Å². The third-order valence-corrected chi connectivity index (χ3v) is 3.63. The average molecular weight is 252 g/mol. The molecule has 2 aliphatic rings. The molecule has 19 heavy (non-hydrogen) atoms. The fourth-order valence-corrected chi connectivity index (χ4v) is 2.72. The Morgan fingerprint density at radius 1 is 1.37 bits per heavy atom. The Morgan fingerprint density at radius 3 is 2.95 bits per heavy atom. The van der Waals surface area contributed by atoms with Crippen molar-refractivity contribution in [2.75, 3.05) is 0 Å². The van der Waals surface area contributed by atoms with Crippen molar-refractivity contribution in [3.8, 4) is 0 Å². The van der Waals surface area contributed by atoms with Gasteiger partial charge in [-0.3, -0.25) is 0 Å². The summed E-state index contributed by atoms with van der Waals surface area (Å²) in [6.45, 7) is 5.32. The minimum Gasteiger partial charge on any atom is -0.449 e. The Hall–Kier alpha value is -2.09. The van der Waals surface area contributed by atoms with Gasteiger partial charge in [-0.1, -0.05) is 43.0 Å². The van der Waals surface area contributed by atoms with Gasteiger partial charge in [0.2, 0.25) is 0 Å². The summed E-state index contributed by atoms with van der Waals surface area (Å²) in [4.78, 5) is 11.8. The molecule has 3 rings (SSSR count). The molecule has 0 fully saturated rings. The van der Waals surface area contributed by atoms with Crippen LogP contribution in [-0.2, 0) is 9.53 Å². The molecule has 0 spiro atoms. The summed E-state index contributed by atoms with van der Waals surface area (Å²) in [6.07, 6.45) is 6.03. The van der Waals surface area contributed by atoms with E-state index in [-0.39, 0.29) is 12.1 Å². The van der Waals surface area contributed by atoms with Crippen molar-refractivity contribution in [3.05, 3.63) is 65.3 Å². The zero-order valence-corrected chi connectivity index (χ0v) is 11.0. The summed E-state index contributed by atoms with van der Waals surface area (Å²) in [7, 11) is 0. The van der Waals surface area contributed by atoms with Crippen molar-refractivity contribution < 1.29 is 9.53 Å². The fraction of sp³-hybridized carbons (Fsp3) is 0.235. The number of esters is 1. The van der Waals surface area contributed by atoms with Crippen LogP contribution in [0.4, 0.5) is 0 Å². The minimum absolute atomic E-state index is 0.271. The molecule has 1 unspecified atom stereocenters. The van der Waals surface area contributed by atoms with Gasteiger partial charge >= 0.3 is 5.97 Å². The van der Waals surface area contributed by atoms with Gasteiger partial charge in [0.1, 0.15) is 0 Å². The summed E-state index contributed by atoms with van der Waals surface area (Å²) in [5.74, 6) is -0.326. The van der Waals surface area contributed by atoms with E-state index in [1.807, 2.05) is 18.2 Å². The zero-order valence-electron chi connectivity index (χ0n) is 11.0. The van der Waals surface area contributed by atoms with Crippen LogP contribution < -0.4 is 0 Å². The number of allylic oxidation sites excluding steroid dienone is 2. The quantitative estimate of drug-likeness (QED) is 0.588. The normalized spacial score (nSPS) is 19.9. The third-order valence-electron chi connectivity index (χ3n) is 3.63. The Kier molecular flexibility index (Phi) is 2.86. The molecule has 2 nitrogen and oxygen atoms in total. The standard InChI is InChI=1S/C17H16O2/c1-11(2)17(18)19-16-14-9-5-3-7-12(14)13-8-4-6-10-15(13)16/h3,5-7,9-10,16H,1,4,8H2,2H3. The van der Waals surface area contributed by atoms with Gasteiger partial charge in [0.05, 0.1) is 0 Å². The minimum atomic E-state index is -0.326. The molecule has 2 aliphatic carbocycles. The van der Waals surface area contributed by atoms with E-state index in [9.17, 15) is 4.79 Å². The maximum atomic E-state index is 11.8. The highest BCUT2D eigenvalue weighted by molar-refractivity contribution is 5.89. The Bertz CT molecular complexity index is 620. The highest BCUT2D eigenvalue weighted by atomic mass is 16.5. The van der Waals surface area contributed by atoms with E-state index in [0.717, 1.165) is 24.0 Å². The van der Waals surface area contributed by atoms with Crippen LogP contribution in [0.5, 0.6) is 0 Å².